The molecule has 186 valence electrons. The first kappa shape index (κ1) is 21.3. The summed E-state index contributed by atoms with van der Waals surface area (Å²) in [5, 5.41) is 11.2. The summed E-state index contributed by atoms with van der Waals surface area (Å²) >= 11 is 0. The average Bonchev–Trinajstić information content (AvgIpc) is 3.63. The zero-order valence-electron chi connectivity index (χ0n) is 21.1. The lowest BCUT2D eigenvalue weighted by atomic mass is 9.76. The zero-order chi connectivity index (χ0) is 26.4. The number of para-hydroxylation sites is 3. The monoisotopic (exact) mass is 513 g/mol. The molecule has 5 nitrogen and oxygen atoms in total. The van der Waals surface area contributed by atoms with Crippen molar-refractivity contribution in [3.63, 3.8) is 0 Å². The van der Waals surface area contributed by atoms with Gasteiger partial charge < -0.3 is 14.1 Å². The molecule has 0 bridgehead atoms. The fraction of sp³-hybridized carbons (Fsp3) is 0.0286. The predicted molar refractivity (Wildman–Crippen MR) is 153 cm³/mol. The standard InChI is InChI=1S/C35H19N3O2/c36-19-21-17-18-37-20-28(21)38-27-14-6-8-16-30(27)40-34-32(38)31-24-11-3-7-15-29(24)39-33(31)35(34)25-12-4-1-9-22(25)23-10-2-5-13-26(23)35/h1-18,20H. The normalized spacial score (nSPS) is 15.2. The molecule has 6 aromatic rings. The van der Waals surface area contributed by atoms with Crippen molar-refractivity contribution in [1.82, 2.24) is 4.98 Å². The summed E-state index contributed by atoms with van der Waals surface area (Å²) in [6.07, 6.45) is 3.41. The van der Waals surface area contributed by atoms with Gasteiger partial charge in [0.05, 0.1) is 34.4 Å². The quantitative estimate of drug-likeness (QED) is 0.223. The summed E-state index contributed by atoms with van der Waals surface area (Å²) in [7, 11) is 0. The van der Waals surface area contributed by atoms with Gasteiger partial charge in [-0.05, 0) is 46.5 Å². The van der Waals surface area contributed by atoms with Crippen LogP contribution in [0.3, 0.4) is 0 Å². The Kier molecular flexibility index (Phi) is 4.00. The molecule has 5 heteroatoms. The Balaban J connectivity index is 1.50. The SMILES string of the molecule is N#Cc1ccncc1N1C2=C(Oc3ccccc31)C1(c3ccccc3-c3ccccc31)c1oc3ccccc3c12. The van der Waals surface area contributed by atoms with Crippen LogP contribution in [0.25, 0.3) is 27.8 Å². The lowest BCUT2D eigenvalue weighted by molar-refractivity contribution is 0.346. The van der Waals surface area contributed by atoms with Gasteiger partial charge in [0.15, 0.2) is 11.5 Å². The molecule has 4 aromatic carbocycles. The second-order valence-electron chi connectivity index (χ2n) is 10.2. The molecule has 1 aliphatic heterocycles. The molecule has 0 saturated carbocycles. The van der Waals surface area contributed by atoms with E-state index in [0.29, 0.717) is 17.0 Å². The molecular formula is C35H19N3O2. The summed E-state index contributed by atoms with van der Waals surface area (Å²) < 4.78 is 13.9. The number of nitriles is 1. The fourth-order valence-electron chi connectivity index (χ4n) is 6.87. The van der Waals surface area contributed by atoms with Crippen molar-refractivity contribution in [2.45, 2.75) is 5.41 Å². The van der Waals surface area contributed by atoms with E-state index in [1.807, 2.05) is 42.5 Å². The molecule has 3 aliphatic rings. The average molecular weight is 514 g/mol. The molecule has 0 N–H and O–H groups in total. The molecule has 0 unspecified atom stereocenters. The van der Waals surface area contributed by atoms with E-state index in [9.17, 15) is 5.26 Å². The predicted octanol–water partition coefficient (Wildman–Crippen LogP) is 7.93. The highest BCUT2D eigenvalue weighted by Gasteiger charge is 2.60. The zero-order valence-corrected chi connectivity index (χ0v) is 21.1. The Bertz CT molecular complexity index is 2090. The third-order valence-electron chi connectivity index (χ3n) is 8.38. The second kappa shape index (κ2) is 7.49. The van der Waals surface area contributed by atoms with Gasteiger partial charge in [-0.2, -0.15) is 5.26 Å². The second-order valence-corrected chi connectivity index (χ2v) is 10.2. The van der Waals surface area contributed by atoms with Crippen molar-refractivity contribution in [2.24, 2.45) is 0 Å². The molecule has 3 heterocycles. The summed E-state index contributed by atoms with van der Waals surface area (Å²) in [6.45, 7) is 0. The van der Waals surface area contributed by atoms with Crippen LogP contribution in [-0.2, 0) is 5.41 Å². The number of hydrogen-bond donors (Lipinski definition) is 0. The number of allylic oxidation sites excluding steroid dienone is 1. The Labute approximate surface area is 229 Å². The Morgan fingerprint density at radius 1 is 0.750 bits per heavy atom. The van der Waals surface area contributed by atoms with Gasteiger partial charge in [0, 0.05) is 11.6 Å². The first-order valence-electron chi connectivity index (χ1n) is 13.2. The maximum atomic E-state index is 10.2. The third-order valence-corrected chi connectivity index (χ3v) is 8.38. The number of hydrogen-bond acceptors (Lipinski definition) is 5. The number of pyridine rings is 1. The molecule has 0 amide bonds. The van der Waals surface area contributed by atoms with Crippen LogP contribution in [0.5, 0.6) is 5.75 Å². The summed E-state index contributed by atoms with van der Waals surface area (Å²) in [5.41, 5.74) is 8.47. The van der Waals surface area contributed by atoms with Gasteiger partial charge in [-0.25, -0.2) is 0 Å². The minimum absolute atomic E-state index is 0.529. The number of anilines is 2. The largest absolute Gasteiger partial charge is 0.459 e. The van der Waals surface area contributed by atoms with E-state index >= 15 is 0 Å². The number of aromatic nitrogens is 1. The van der Waals surface area contributed by atoms with Crippen LogP contribution in [-0.4, -0.2) is 4.98 Å². The molecule has 0 atom stereocenters. The first-order chi connectivity index (χ1) is 19.8. The van der Waals surface area contributed by atoms with E-state index in [0.717, 1.165) is 61.7 Å². The van der Waals surface area contributed by atoms with Gasteiger partial charge in [-0.3, -0.25) is 4.98 Å². The maximum Gasteiger partial charge on any atom is 0.152 e. The first-order valence-corrected chi connectivity index (χ1v) is 13.2. The van der Waals surface area contributed by atoms with Crippen molar-refractivity contribution < 1.29 is 9.15 Å². The van der Waals surface area contributed by atoms with Gasteiger partial charge in [0.1, 0.15) is 22.8 Å². The minimum atomic E-state index is -0.808. The molecular weight excluding hydrogens is 494 g/mol. The van der Waals surface area contributed by atoms with Gasteiger partial charge >= 0.3 is 0 Å². The van der Waals surface area contributed by atoms with E-state index in [-0.39, 0.29) is 0 Å². The van der Waals surface area contributed by atoms with Crippen LogP contribution in [0.1, 0.15) is 28.0 Å². The number of benzene rings is 4. The van der Waals surface area contributed by atoms with E-state index in [2.05, 4.69) is 70.6 Å². The van der Waals surface area contributed by atoms with E-state index in [1.165, 1.54) is 0 Å². The number of nitrogens with zero attached hydrogens (tertiary/aromatic N) is 3. The lowest BCUT2D eigenvalue weighted by Crippen LogP contribution is -2.33. The molecule has 40 heavy (non-hydrogen) atoms. The summed E-state index contributed by atoms with van der Waals surface area (Å²) in [6, 6.07) is 37.3. The number of fused-ring (bicyclic) bond motifs is 12. The van der Waals surface area contributed by atoms with Crippen molar-refractivity contribution in [3.8, 4) is 22.9 Å². The molecule has 2 aliphatic carbocycles. The Morgan fingerprint density at radius 2 is 1.45 bits per heavy atom. The maximum absolute atomic E-state index is 10.2. The van der Waals surface area contributed by atoms with Gasteiger partial charge in [0.25, 0.3) is 0 Å². The highest BCUT2D eigenvalue weighted by atomic mass is 16.5. The van der Waals surface area contributed by atoms with E-state index in [4.69, 9.17) is 9.15 Å². The van der Waals surface area contributed by atoms with Crippen LogP contribution < -0.4 is 9.64 Å². The molecule has 2 aromatic heterocycles. The van der Waals surface area contributed by atoms with Crippen LogP contribution >= 0.6 is 0 Å². The Hall–Kier alpha value is -5.60. The lowest BCUT2D eigenvalue weighted by Gasteiger charge is -2.36. The molecule has 0 fully saturated rings. The van der Waals surface area contributed by atoms with Gasteiger partial charge in [-0.15, -0.1) is 0 Å². The number of ether oxygens (including phenoxy) is 1. The van der Waals surface area contributed by atoms with E-state index in [1.54, 1.807) is 18.5 Å². The third kappa shape index (κ3) is 2.40. The Morgan fingerprint density at radius 3 is 2.25 bits per heavy atom. The fourth-order valence-corrected chi connectivity index (χ4v) is 6.87. The van der Waals surface area contributed by atoms with Crippen molar-refractivity contribution >= 4 is 28.0 Å². The van der Waals surface area contributed by atoms with Gasteiger partial charge in [0.2, 0.25) is 0 Å². The smallest absolute Gasteiger partial charge is 0.152 e. The number of furan rings is 1. The van der Waals surface area contributed by atoms with Crippen molar-refractivity contribution in [3.05, 3.63) is 149 Å². The van der Waals surface area contributed by atoms with Crippen LogP contribution in [0.2, 0.25) is 0 Å². The minimum Gasteiger partial charge on any atom is -0.459 e. The topological polar surface area (TPSA) is 62.3 Å². The molecule has 1 spiro atoms. The highest BCUT2D eigenvalue weighted by molar-refractivity contribution is 6.08. The molecule has 0 saturated heterocycles. The van der Waals surface area contributed by atoms with E-state index < -0.39 is 5.41 Å². The molecule has 9 rings (SSSR count). The molecule has 0 radical (unpaired) electrons. The summed E-state index contributed by atoms with van der Waals surface area (Å²) in [4.78, 5) is 6.58. The van der Waals surface area contributed by atoms with Crippen molar-refractivity contribution in [2.75, 3.05) is 4.90 Å². The van der Waals surface area contributed by atoms with Crippen LogP contribution in [0, 0.1) is 11.3 Å². The number of rotatable bonds is 1. The highest BCUT2D eigenvalue weighted by Crippen LogP contribution is 2.66. The van der Waals surface area contributed by atoms with Crippen LogP contribution in [0.4, 0.5) is 11.4 Å². The summed E-state index contributed by atoms with van der Waals surface area (Å²) in [5.74, 6) is 2.32. The van der Waals surface area contributed by atoms with Crippen molar-refractivity contribution in [1.29, 1.82) is 5.26 Å². The van der Waals surface area contributed by atoms with Gasteiger partial charge in [-0.1, -0.05) is 78.9 Å². The van der Waals surface area contributed by atoms with Crippen LogP contribution in [0.15, 0.2) is 126 Å².